The van der Waals surface area contributed by atoms with Gasteiger partial charge in [-0.15, -0.1) is 0 Å². The van der Waals surface area contributed by atoms with Gasteiger partial charge in [-0.05, 0) is 133 Å². The van der Waals surface area contributed by atoms with Crippen molar-refractivity contribution < 1.29 is 4.74 Å². The molecule has 0 amide bonds. The number of aromatic nitrogens is 1. The molecule has 0 aliphatic heterocycles. The van der Waals surface area contributed by atoms with Crippen LogP contribution in [0, 0.1) is 17.6 Å². The van der Waals surface area contributed by atoms with Gasteiger partial charge in [-0.2, -0.15) is 0 Å². The molecule has 0 radical (unpaired) electrons. The second kappa shape index (κ2) is 11.0. The lowest BCUT2D eigenvalue weighted by Gasteiger charge is -2.23. The Labute approximate surface area is 253 Å². The van der Waals surface area contributed by atoms with Crippen LogP contribution in [0.4, 0.5) is 5.69 Å². The summed E-state index contributed by atoms with van der Waals surface area (Å²) in [6, 6.07) is 26.5. The first kappa shape index (κ1) is 26.0. The number of benzene rings is 4. The molecule has 3 nitrogen and oxygen atoms in total. The van der Waals surface area contributed by atoms with Crippen LogP contribution < -0.4 is 9.64 Å². The number of fused-ring (bicyclic) bond motifs is 2. The monoisotopic (exact) mass is 810 g/mol. The van der Waals surface area contributed by atoms with E-state index in [4.69, 9.17) is 9.72 Å². The third-order valence-corrected chi connectivity index (χ3v) is 8.24. The molecule has 0 aliphatic carbocycles. The molecular weight excluding hydrogens is 785 g/mol. The highest BCUT2D eigenvalue weighted by Crippen LogP contribution is 2.34. The summed E-state index contributed by atoms with van der Waals surface area (Å²) >= 11 is 7.17. The van der Waals surface area contributed by atoms with E-state index < -0.39 is 0 Å². The number of hydrogen-bond donors (Lipinski definition) is 0. The van der Waals surface area contributed by atoms with E-state index in [2.05, 4.69) is 159 Å². The number of halogens is 3. The number of rotatable bonds is 6. The van der Waals surface area contributed by atoms with E-state index in [9.17, 15) is 0 Å². The van der Waals surface area contributed by atoms with Gasteiger partial charge in [-0.25, -0.2) is 0 Å². The maximum atomic E-state index is 5.67. The SMILES string of the molecule is COc1cc(I)cc2c(CN(C)c3cc(I)cc4cc(Cc5cc(I)cc(C)n5)ccc34)cccc12. The Kier molecular flexibility index (Phi) is 7.92. The first-order valence-corrected chi connectivity index (χ1v) is 14.9. The normalized spacial score (nSPS) is 11.3. The molecule has 6 heteroatoms. The van der Waals surface area contributed by atoms with E-state index in [1.54, 1.807) is 7.11 Å². The van der Waals surface area contributed by atoms with Crippen LogP contribution >= 0.6 is 67.8 Å². The minimum absolute atomic E-state index is 0.809. The van der Waals surface area contributed by atoms with Crippen molar-refractivity contribution in [1.82, 2.24) is 4.98 Å². The molecular formula is C30H25I3N2O. The van der Waals surface area contributed by atoms with Gasteiger partial charge in [-0.1, -0.05) is 36.4 Å². The van der Waals surface area contributed by atoms with Gasteiger partial charge in [-0.3, -0.25) is 4.98 Å². The highest BCUT2D eigenvalue weighted by atomic mass is 127. The van der Waals surface area contributed by atoms with E-state index in [0.717, 1.165) is 35.5 Å². The van der Waals surface area contributed by atoms with Crippen molar-refractivity contribution in [1.29, 1.82) is 0 Å². The van der Waals surface area contributed by atoms with E-state index in [-0.39, 0.29) is 0 Å². The lowest BCUT2D eigenvalue weighted by Crippen LogP contribution is -2.17. The fourth-order valence-corrected chi connectivity index (χ4v) is 6.84. The van der Waals surface area contributed by atoms with Gasteiger partial charge in [0, 0.05) is 58.6 Å². The van der Waals surface area contributed by atoms with Crippen LogP contribution in [0.25, 0.3) is 21.5 Å². The molecule has 1 aromatic heterocycles. The first-order valence-electron chi connectivity index (χ1n) is 11.6. The quantitative estimate of drug-likeness (QED) is 0.161. The minimum atomic E-state index is 0.809. The van der Waals surface area contributed by atoms with Gasteiger partial charge < -0.3 is 9.64 Å². The lowest BCUT2D eigenvalue weighted by molar-refractivity contribution is 0.419. The van der Waals surface area contributed by atoms with Gasteiger partial charge >= 0.3 is 0 Å². The number of ether oxygens (including phenoxy) is 1. The van der Waals surface area contributed by atoms with Crippen LogP contribution in [-0.2, 0) is 13.0 Å². The molecule has 0 saturated carbocycles. The largest absolute Gasteiger partial charge is 0.496 e. The number of aryl methyl sites for hydroxylation is 1. The molecule has 36 heavy (non-hydrogen) atoms. The zero-order chi connectivity index (χ0) is 25.4. The minimum Gasteiger partial charge on any atom is -0.496 e. The molecule has 0 aliphatic rings. The summed E-state index contributed by atoms with van der Waals surface area (Å²) in [6.45, 7) is 2.87. The molecule has 0 bridgehead atoms. The number of pyridine rings is 1. The maximum absolute atomic E-state index is 5.67. The highest BCUT2D eigenvalue weighted by molar-refractivity contribution is 14.1. The Hall–Kier alpha value is -1.66. The predicted octanol–water partition coefficient (Wildman–Crippen LogP) is 8.75. The molecule has 0 N–H and O–H groups in total. The Morgan fingerprint density at radius 2 is 1.58 bits per heavy atom. The van der Waals surface area contributed by atoms with Crippen LogP contribution in [-0.4, -0.2) is 19.1 Å². The predicted molar refractivity (Wildman–Crippen MR) is 176 cm³/mol. The van der Waals surface area contributed by atoms with Gasteiger partial charge in [0.1, 0.15) is 5.75 Å². The van der Waals surface area contributed by atoms with Gasteiger partial charge in [0.25, 0.3) is 0 Å². The van der Waals surface area contributed by atoms with Crippen LogP contribution in [0.2, 0.25) is 0 Å². The molecule has 4 aromatic carbocycles. The number of nitrogens with zero attached hydrogens (tertiary/aromatic N) is 2. The van der Waals surface area contributed by atoms with Crippen molar-refractivity contribution in [2.75, 3.05) is 19.1 Å². The van der Waals surface area contributed by atoms with E-state index in [1.807, 2.05) is 0 Å². The fraction of sp³-hybridized carbons (Fsp3) is 0.167. The molecule has 1 heterocycles. The van der Waals surface area contributed by atoms with E-state index >= 15 is 0 Å². The fourth-order valence-electron chi connectivity index (χ4n) is 4.81. The summed E-state index contributed by atoms with van der Waals surface area (Å²) in [5.74, 6) is 0.923. The third kappa shape index (κ3) is 5.60. The zero-order valence-electron chi connectivity index (χ0n) is 20.3. The van der Waals surface area contributed by atoms with Crippen LogP contribution in [0.1, 0.15) is 22.5 Å². The summed E-state index contributed by atoms with van der Waals surface area (Å²) in [5, 5.41) is 4.92. The molecule has 0 saturated heterocycles. The molecule has 0 spiro atoms. The average Bonchev–Trinajstić information content (AvgIpc) is 2.82. The summed E-state index contributed by atoms with van der Waals surface area (Å²) < 4.78 is 9.31. The summed E-state index contributed by atoms with van der Waals surface area (Å²) in [5.41, 5.74) is 5.99. The third-order valence-electron chi connectivity index (χ3n) is 6.37. The maximum Gasteiger partial charge on any atom is 0.127 e. The van der Waals surface area contributed by atoms with Gasteiger partial charge in [0.15, 0.2) is 0 Å². The van der Waals surface area contributed by atoms with Crippen LogP contribution in [0.15, 0.2) is 72.8 Å². The molecule has 5 aromatic rings. The van der Waals surface area contributed by atoms with Crippen LogP contribution in [0.5, 0.6) is 5.75 Å². The van der Waals surface area contributed by atoms with Crippen molar-refractivity contribution in [2.45, 2.75) is 19.9 Å². The smallest absolute Gasteiger partial charge is 0.127 e. The molecule has 0 fully saturated rings. The number of hydrogen-bond acceptors (Lipinski definition) is 3. The summed E-state index contributed by atoms with van der Waals surface area (Å²) in [6.07, 6.45) is 0.834. The van der Waals surface area contributed by atoms with Crippen molar-refractivity contribution in [3.05, 3.63) is 106 Å². The number of methoxy groups -OCH3 is 1. The molecule has 0 unspecified atom stereocenters. The summed E-state index contributed by atoms with van der Waals surface area (Å²) in [7, 11) is 3.92. The Bertz CT molecular complexity index is 1580. The second-order valence-electron chi connectivity index (χ2n) is 9.05. The highest BCUT2D eigenvalue weighted by Gasteiger charge is 2.13. The zero-order valence-corrected chi connectivity index (χ0v) is 26.8. The van der Waals surface area contributed by atoms with Gasteiger partial charge in [0.2, 0.25) is 0 Å². The first-order chi connectivity index (χ1) is 17.3. The van der Waals surface area contributed by atoms with Crippen molar-refractivity contribution >= 4 is 95.0 Å². The topological polar surface area (TPSA) is 25.4 Å². The van der Waals surface area contributed by atoms with Crippen molar-refractivity contribution in [2.24, 2.45) is 0 Å². The lowest BCUT2D eigenvalue weighted by atomic mass is 10.0. The second-order valence-corrected chi connectivity index (χ2v) is 12.8. The average molecular weight is 810 g/mol. The van der Waals surface area contributed by atoms with Crippen molar-refractivity contribution in [3.63, 3.8) is 0 Å². The molecule has 0 atom stereocenters. The van der Waals surface area contributed by atoms with Crippen LogP contribution in [0.3, 0.4) is 0 Å². The molecule has 5 rings (SSSR count). The molecule has 182 valence electrons. The van der Waals surface area contributed by atoms with E-state index in [1.165, 1.54) is 43.7 Å². The Balaban J connectivity index is 1.50. The summed E-state index contributed by atoms with van der Waals surface area (Å²) in [4.78, 5) is 7.10. The standard InChI is InChI=1S/C30H25I3N2O/c1-18-9-22(31)13-25(34-18)11-19-7-8-26-21(10-19)12-23(32)15-29(26)35(2)17-20-5-4-6-27-28(20)14-24(33)16-30(27)36-3/h4-10,12-16H,11,17H2,1-3H3. The Morgan fingerprint density at radius 1 is 0.806 bits per heavy atom. The van der Waals surface area contributed by atoms with Crippen molar-refractivity contribution in [3.8, 4) is 5.75 Å². The Morgan fingerprint density at radius 3 is 2.36 bits per heavy atom. The number of anilines is 1. The van der Waals surface area contributed by atoms with E-state index in [0.29, 0.717) is 0 Å². The van der Waals surface area contributed by atoms with Gasteiger partial charge in [0.05, 0.1) is 7.11 Å².